The van der Waals surface area contributed by atoms with Gasteiger partial charge in [-0.25, -0.2) is 0 Å². The van der Waals surface area contributed by atoms with E-state index in [0.717, 1.165) is 0 Å². The van der Waals surface area contributed by atoms with E-state index in [1.54, 1.807) is 0 Å². The van der Waals surface area contributed by atoms with E-state index in [2.05, 4.69) is 10.2 Å². The van der Waals surface area contributed by atoms with Crippen molar-refractivity contribution in [2.45, 2.75) is 19.3 Å². The molecule has 0 aliphatic heterocycles. The summed E-state index contributed by atoms with van der Waals surface area (Å²) >= 11 is 0. The molecule has 0 unspecified atom stereocenters. The first kappa shape index (κ1) is 7.71. The van der Waals surface area contributed by atoms with Crippen LogP contribution in [0.25, 0.3) is 0 Å². The maximum absolute atomic E-state index is 10.1. The fraction of sp³-hybridized carbons (Fsp3) is 0.500. The van der Waals surface area contributed by atoms with Crippen molar-refractivity contribution in [3.8, 4) is 0 Å². The second-order valence-electron chi connectivity index (χ2n) is 2.08. The van der Waals surface area contributed by atoms with E-state index in [1.165, 1.54) is 6.39 Å². The molecule has 1 N–H and O–H groups in total. The molecule has 0 aliphatic rings. The highest BCUT2D eigenvalue weighted by Crippen LogP contribution is 1.99. The molecule has 0 amide bonds. The molecule has 0 aromatic carbocycles. The highest BCUT2D eigenvalue weighted by atomic mass is 16.4. The lowest BCUT2D eigenvalue weighted by Crippen LogP contribution is -1.95. The first-order valence-corrected chi connectivity index (χ1v) is 3.26. The Morgan fingerprint density at radius 3 is 3.09 bits per heavy atom. The molecule has 1 heterocycles. The van der Waals surface area contributed by atoms with E-state index in [-0.39, 0.29) is 6.42 Å². The Kier molecular flexibility index (Phi) is 2.59. The Morgan fingerprint density at radius 2 is 2.55 bits per heavy atom. The normalized spacial score (nSPS) is 9.82. The van der Waals surface area contributed by atoms with Gasteiger partial charge in [0.05, 0.1) is 0 Å². The van der Waals surface area contributed by atoms with Gasteiger partial charge in [0.2, 0.25) is 12.3 Å². The van der Waals surface area contributed by atoms with Crippen LogP contribution in [0.5, 0.6) is 0 Å². The van der Waals surface area contributed by atoms with Crippen molar-refractivity contribution in [2.24, 2.45) is 0 Å². The molecule has 60 valence electrons. The summed E-state index contributed by atoms with van der Waals surface area (Å²) in [4.78, 5) is 10.1. The van der Waals surface area contributed by atoms with Crippen molar-refractivity contribution in [3.63, 3.8) is 0 Å². The summed E-state index contributed by atoms with van der Waals surface area (Å²) in [6, 6.07) is 0. The minimum Gasteiger partial charge on any atom is -0.481 e. The third-order valence-electron chi connectivity index (χ3n) is 1.19. The lowest BCUT2D eigenvalue weighted by atomic mass is 10.2. The summed E-state index contributed by atoms with van der Waals surface area (Å²) in [5, 5.41) is 15.3. The molecule has 0 radical (unpaired) electrons. The zero-order valence-electron chi connectivity index (χ0n) is 5.86. The fourth-order valence-corrected chi connectivity index (χ4v) is 0.696. The van der Waals surface area contributed by atoms with Gasteiger partial charge in [-0.15, -0.1) is 10.2 Å². The Hall–Kier alpha value is -1.39. The minimum absolute atomic E-state index is 0.141. The third kappa shape index (κ3) is 2.79. The molecule has 11 heavy (non-hydrogen) atoms. The summed E-state index contributed by atoms with van der Waals surface area (Å²) in [5.41, 5.74) is 0. The van der Waals surface area contributed by atoms with Gasteiger partial charge in [-0.05, 0) is 6.42 Å². The molecular formula is C6H8N2O3. The lowest BCUT2D eigenvalue weighted by Gasteiger charge is -1.90. The molecular weight excluding hydrogens is 148 g/mol. The van der Waals surface area contributed by atoms with Crippen LogP contribution in [-0.4, -0.2) is 21.3 Å². The van der Waals surface area contributed by atoms with Crippen molar-refractivity contribution >= 4 is 5.97 Å². The first-order valence-electron chi connectivity index (χ1n) is 3.26. The molecule has 5 nitrogen and oxygen atoms in total. The molecule has 1 rings (SSSR count). The average Bonchev–Trinajstić information content (AvgIpc) is 2.39. The van der Waals surface area contributed by atoms with Crippen LogP contribution in [0.4, 0.5) is 0 Å². The quantitative estimate of drug-likeness (QED) is 0.685. The number of aryl methyl sites for hydroxylation is 1. The summed E-state index contributed by atoms with van der Waals surface area (Å²) in [7, 11) is 0. The molecule has 1 aromatic heterocycles. The van der Waals surface area contributed by atoms with Gasteiger partial charge in [0.15, 0.2) is 0 Å². The van der Waals surface area contributed by atoms with Crippen LogP contribution in [-0.2, 0) is 11.2 Å². The summed E-state index contributed by atoms with van der Waals surface area (Å²) in [5.74, 6) is -0.309. The maximum atomic E-state index is 10.1. The Labute approximate surface area is 63.0 Å². The van der Waals surface area contributed by atoms with E-state index in [1.807, 2.05) is 0 Å². The van der Waals surface area contributed by atoms with Gasteiger partial charge >= 0.3 is 5.97 Å². The molecule has 0 saturated carbocycles. The van der Waals surface area contributed by atoms with Crippen molar-refractivity contribution in [2.75, 3.05) is 0 Å². The van der Waals surface area contributed by atoms with Crippen LogP contribution in [0.2, 0.25) is 0 Å². The fourth-order valence-electron chi connectivity index (χ4n) is 0.696. The van der Waals surface area contributed by atoms with Gasteiger partial charge in [0, 0.05) is 12.8 Å². The number of hydrogen-bond acceptors (Lipinski definition) is 4. The van der Waals surface area contributed by atoms with Crippen molar-refractivity contribution in [1.82, 2.24) is 10.2 Å². The predicted octanol–water partition coefficient (Wildman–Crippen LogP) is 0.477. The van der Waals surface area contributed by atoms with Gasteiger partial charge in [0.25, 0.3) is 0 Å². The number of carbonyl (C=O) groups is 1. The predicted molar refractivity (Wildman–Crippen MR) is 34.9 cm³/mol. The molecule has 0 atom stereocenters. The number of carboxylic acid groups (broad SMARTS) is 1. The van der Waals surface area contributed by atoms with E-state index < -0.39 is 5.97 Å². The summed E-state index contributed by atoms with van der Waals surface area (Å²) in [6.07, 6.45) is 2.45. The third-order valence-corrected chi connectivity index (χ3v) is 1.19. The number of aliphatic carboxylic acids is 1. The highest BCUT2D eigenvalue weighted by molar-refractivity contribution is 5.66. The zero-order valence-corrected chi connectivity index (χ0v) is 5.86. The van der Waals surface area contributed by atoms with Gasteiger partial charge in [-0.1, -0.05) is 0 Å². The molecule has 0 saturated heterocycles. The van der Waals surface area contributed by atoms with Crippen LogP contribution in [0.15, 0.2) is 10.8 Å². The minimum atomic E-state index is -0.801. The van der Waals surface area contributed by atoms with Crippen molar-refractivity contribution in [3.05, 3.63) is 12.3 Å². The highest BCUT2D eigenvalue weighted by Gasteiger charge is 2.00. The second kappa shape index (κ2) is 3.70. The Balaban J connectivity index is 2.19. The standard InChI is InChI=1S/C6H8N2O3/c9-6(10)3-1-2-5-8-7-4-11-5/h4H,1-3H2,(H,9,10). The van der Waals surface area contributed by atoms with Crippen molar-refractivity contribution < 1.29 is 14.3 Å². The van der Waals surface area contributed by atoms with Gasteiger partial charge in [-0.2, -0.15) is 0 Å². The Morgan fingerprint density at radius 1 is 1.73 bits per heavy atom. The topological polar surface area (TPSA) is 76.2 Å². The first-order chi connectivity index (χ1) is 5.29. The largest absolute Gasteiger partial charge is 0.481 e. The average molecular weight is 156 g/mol. The summed E-state index contributed by atoms with van der Waals surface area (Å²) < 4.78 is 4.80. The van der Waals surface area contributed by atoms with Crippen LogP contribution < -0.4 is 0 Å². The zero-order chi connectivity index (χ0) is 8.10. The smallest absolute Gasteiger partial charge is 0.303 e. The Bertz CT molecular complexity index is 220. The van der Waals surface area contributed by atoms with Crippen LogP contribution in [0, 0.1) is 0 Å². The monoisotopic (exact) mass is 156 g/mol. The van der Waals surface area contributed by atoms with Gasteiger partial charge in [0.1, 0.15) is 0 Å². The van der Waals surface area contributed by atoms with Crippen molar-refractivity contribution in [1.29, 1.82) is 0 Å². The summed E-state index contributed by atoms with van der Waals surface area (Å²) in [6.45, 7) is 0. The number of rotatable bonds is 4. The number of nitrogens with zero attached hydrogens (tertiary/aromatic N) is 2. The molecule has 0 aliphatic carbocycles. The lowest BCUT2D eigenvalue weighted by molar-refractivity contribution is -0.137. The number of carboxylic acids is 1. The van der Waals surface area contributed by atoms with Crippen LogP contribution >= 0.6 is 0 Å². The van der Waals surface area contributed by atoms with E-state index in [4.69, 9.17) is 9.52 Å². The van der Waals surface area contributed by atoms with E-state index in [0.29, 0.717) is 18.7 Å². The van der Waals surface area contributed by atoms with Crippen LogP contribution in [0.3, 0.4) is 0 Å². The molecule has 1 aromatic rings. The molecule has 0 spiro atoms. The van der Waals surface area contributed by atoms with E-state index in [9.17, 15) is 4.79 Å². The van der Waals surface area contributed by atoms with Gasteiger partial charge in [-0.3, -0.25) is 4.79 Å². The molecule has 5 heteroatoms. The SMILES string of the molecule is O=C(O)CCCc1nnco1. The number of aromatic nitrogens is 2. The van der Waals surface area contributed by atoms with E-state index >= 15 is 0 Å². The molecule has 0 fully saturated rings. The van der Waals surface area contributed by atoms with Gasteiger partial charge < -0.3 is 9.52 Å². The second-order valence-corrected chi connectivity index (χ2v) is 2.08. The molecule has 0 bridgehead atoms. The number of hydrogen-bond donors (Lipinski definition) is 1. The maximum Gasteiger partial charge on any atom is 0.303 e. The van der Waals surface area contributed by atoms with Crippen LogP contribution in [0.1, 0.15) is 18.7 Å².